The molecule has 0 aliphatic carbocycles. The number of ether oxygens (including phenoxy) is 1. The molecule has 5 heteroatoms. The summed E-state index contributed by atoms with van der Waals surface area (Å²) in [6.45, 7) is 3.65. The van der Waals surface area contributed by atoms with Crippen LogP contribution in [0.15, 0.2) is 54.1 Å². The van der Waals surface area contributed by atoms with E-state index >= 15 is 0 Å². The van der Waals surface area contributed by atoms with E-state index in [1.807, 2.05) is 29.8 Å². The number of aryl methyl sites for hydroxylation is 1. The van der Waals surface area contributed by atoms with Crippen molar-refractivity contribution in [2.75, 3.05) is 7.11 Å². The second-order valence-electron chi connectivity index (χ2n) is 5.15. The minimum Gasteiger partial charge on any atom is -0.496 e. The van der Waals surface area contributed by atoms with Crippen molar-refractivity contribution >= 4 is 39.3 Å². The van der Waals surface area contributed by atoms with Crippen LogP contribution in [0.3, 0.4) is 0 Å². The third-order valence-corrected chi connectivity index (χ3v) is 4.14. The molecular formula is C18H16N2O2S. The van der Waals surface area contributed by atoms with Gasteiger partial charge in [0.25, 0.3) is 0 Å². The molecule has 23 heavy (non-hydrogen) atoms. The normalized spacial score (nSPS) is 11.9. The lowest BCUT2D eigenvalue weighted by Gasteiger charge is -2.14. The van der Waals surface area contributed by atoms with E-state index in [1.165, 1.54) is 0 Å². The smallest absolute Gasteiger partial charge is 0.201 e. The first-order chi connectivity index (χ1) is 11.1. The number of pyridine rings is 2. The highest BCUT2D eigenvalue weighted by Gasteiger charge is 2.17. The number of aromatic nitrogens is 2. The fraction of sp³-hybridized carbons (Fsp3) is 0.111. The van der Waals surface area contributed by atoms with Gasteiger partial charge in [0, 0.05) is 29.7 Å². The average molecular weight is 324 g/mol. The zero-order chi connectivity index (χ0) is 16.6. The largest absolute Gasteiger partial charge is 0.496 e. The van der Waals surface area contributed by atoms with E-state index in [0.29, 0.717) is 21.6 Å². The number of hydrogen-bond acceptors (Lipinski definition) is 4. The minimum absolute atomic E-state index is 0.134. The molecule has 116 valence electrons. The maximum Gasteiger partial charge on any atom is 0.201 e. The molecule has 0 N–H and O–H groups in total. The minimum atomic E-state index is -0.134. The first-order valence-electron chi connectivity index (χ1n) is 7.05. The first kappa shape index (κ1) is 15.4. The Morgan fingerprint density at radius 3 is 2.96 bits per heavy atom. The summed E-state index contributed by atoms with van der Waals surface area (Å²) >= 11 is 4.40. The van der Waals surface area contributed by atoms with E-state index in [9.17, 15) is 4.79 Å². The van der Waals surface area contributed by atoms with E-state index in [1.54, 1.807) is 31.7 Å². The fourth-order valence-corrected chi connectivity index (χ4v) is 3.00. The van der Waals surface area contributed by atoms with E-state index in [4.69, 9.17) is 4.74 Å². The molecule has 0 atom stereocenters. The van der Waals surface area contributed by atoms with Crippen molar-refractivity contribution < 1.29 is 4.74 Å². The summed E-state index contributed by atoms with van der Waals surface area (Å²) in [6.07, 6.45) is 6.78. The monoisotopic (exact) mass is 324 g/mol. The lowest BCUT2D eigenvalue weighted by Crippen LogP contribution is -2.13. The lowest BCUT2D eigenvalue weighted by atomic mass is 10.1. The Labute approximate surface area is 139 Å². The first-order valence-corrected chi connectivity index (χ1v) is 7.50. The van der Waals surface area contributed by atoms with Crippen molar-refractivity contribution in [1.29, 1.82) is 0 Å². The third-order valence-electron chi connectivity index (χ3n) is 3.75. The summed E-state index contributed by atoms with van der Waals surface area (Å²) in [5, 5.41) is 1.43. The molecule has 0 aliphatic rings. The van der Waals surface area contributed by atoms with Crippen LogP contribution in [0.25, 0.3) is 26.7 Å². The summed E-state index contributed by atoms with van der Waals surface area (Å²) < 4.78 is 7.35. The van der Waals surface area contributed by atoms with Crippen molar-refractivity contribution in [3.05, 3.63) is 65.1 Å². The highest BCUT2D eigenvalue weighted by atomic mass is 32.1. The van der Waals surface area contributed by atoms with Crippen molar-refractivity contribution in [2.24, 2.45) is 7.05 Å². The van der Waals surface area contributed by atoms with Crippen LogP contribution in [0.1, 0.15) is 5.56 Å². The van der Waals surface area contributed by atoms with Crippen LogP contribution in [0.2, 0.25) is 0 Å². The summed E-state index contributed by atoms with van der Waals surface area (Å²) in [4.78, 5) is 18.0. The molecule has 3 aromatic rings. The molecule has 0 saturated heterocycles. The Kier molecular flexibility index (Phi) is 3.96. The quantitative estimate of drug-likeness (QED) is 0.455. The van der Waals surface area contributed by atoms with Crippen molar-refractivity contribution in [1.82, 2.24) is 9.55 Å². The summed E-state index contributed by atoms with van der Waals surface area (Å²) in [6, 6.07) is 5.65. The molecule has 0 aliphatic heterocycles. The Balaban J connectivity index is 2.57. The number of fused-ring (bicyclic) bond motifs is 3. The van der Waals surface area contributed by atoms with Gasteiger partial charge in [-0.05, 0) is 18.2 Å². The number of allylic oxidation sites excluding steroid dienone is 2. The lowest BCUT2D eigenvalue weighted by molar-refractivity contribution is 0.420. The van der Waals surface area contributed by atoms with E-state index < -0.39 is 0 Å². The number of benzene rings is 1. The van der Waals surface area contributed by atoms with Gasteiger partial charge in [0.1, 0.15) is 5.75 Å². The van der Waals surface area contributed by atoms with Crippen LogP contribution in [-0.2, 0) is 7.05 Å². The molecule has 4 nitrogen and oxygen atoms in total. The van der Waals surface area contributed by atoms with Crippen LogP contribution in [0.5, 0.6) is 5.75 Å². The highest BCUT2D eigenvalue weighted by Crippen LogP contribution is 2.31. The second-order valence-corrected chi connectivity index (χ2v) is 5.63. The SMILES string of the molecule is C=C/C=C(\S)c1cn(C)c2c(c(OC)cc3cccnc32)c1=O. The predicted molar refractivity (Wildman–Crippen MR) is 98.2 cm³/mol. The number of hydrogen-bond donors (Lipinski definition) is 1. The van der Waals surface area contributed by atoms with E-state index in [0.717, 1.165) is 16.4 Å². The zero-order valence-corrected chi connectivity index (χ0v) is 13.8. The Bertz CT molecular complexity index is 1020. The van der Waals surface area contributed by atoms with Gasteiger partial charge in [0.05, 0.1) is 29.1 Å². The van der Waals surface area contributed by atoms with Gasteiger partial charge in [0.2, 0.25) is 5.43 Å². The van der Waals surface area contributed by atoms with Crippen LogP contribution >= 0.6 is 12.6 Å². The molecular weight excluding hydrogens is 308 g/mol. The van der Waals surface area contributed by atoms with Gasteiger partial charge in [-0.1, -0.05) is 18.7 Å². The maximum absolute atomic E-state index is 13.0. The topological polar surface area (TPSA) is 44.1 Å². The maximum atomic E-state index is 13.0. The van der Waals surface area contributed by atoms with Crippen molar-refractivity contribution in [2.45, 2.75) is 0 Å². The van der Waals surface area contributed by atoms with Crippen LogP contribution in [0.4, 0.5) is 0 Å². The molecule has 3 rings (SSSR count). The fourth-order valence-electron chi connectivity index (χ4n) is 2.74. The van der Waals surface area contributed by atoms with E-state index in [2.05, 4.69) is 24.2 Å². The second kappa shape index (κ2) is 5.93. The molecule has 0 fully saturated rings. The van der Waals surface area contributed by atoms with Gasteiger partial charge in [-0.25, -0.2) is 0 Å². The van der Waals surface area contributed by atoms with Crippen LogP contribution in [-0.4, -0.2) is 16.7 Å². The van der Waals surface area contributed by atoms with Crippen LogP contribution < -0.4 is 10.2 Å². The molecule has 0 radical (unpaired) electrons. The number of methoxy groups -OCH3 is 1. The van der Waals surface area contributed by atoms with Gasteiger partial charge >= 0.3 is 0 Å². The highest BCUT2D eigenvalue weighted by molar-refractivity contribution is 7.90. The molecule has 0 bridgehead atoms. The standard InChI is InChI=1S/C18H16N2O2S/c1-4-6-14(23)12-10-20(2)17-15(18(12)21)13(22-3)9-11-7-5-8-19-16(11)17/h4-10,23H,1H2,2-3H3/b14-6-. The summed E-state index contributed by atoms with van der Waals surface area (Å²) in [5.74, 6) is 0.530. The summed E-state index contributed by atoms with van der Waals surface area (Å²) in [7, 11) is 3.44. The van der Waals surface area contributed by atoms with Gasteiger partial charge < -0.3 is 9.30 Å². The zero-order valence-electron chi connectivity index (χ0n) is 12.9. The van der Waals surface area contributed by atoms with Crippen molar-refractivity contribution in [3.8, 4) is 5.75 Å². The Hall–Kier alpha value is -2.53. The summed E-state index contributed by atoms with van der Waals surface area (Å²) in [5.41, 5.74) is 1.87. The molecule has 0 saturated carbocycles. The molecule has 1 aromatic carbocycles. The Morgan fingerprint density at radius 2 is 2.26 bits per heavy atom. The van der Waals surface area contributed by atoms with Gasteiger partial charge in [-0.2, -0.15) is 0 Å². The Morgan fingerprint density at radius 1 is 1.48 bits per heavy atom. The molecule has 0 amide bonds. The third kappa shape index (κ3) is 2.43. The van der Waals surface area contributed by atoms with Crippen LogP contribution in [0, 0.1) is 0 Å². The number of nitrogens with zero attached hydrogens (tertiary/aromatic N) is 2. The van der Waals surface area contributed by atoms with E-state index in [-0.39, 0.29) is 5.43 Å². The molecule has 2 aromatic heterocycles. The average Bonchev–Trinajstić information content (AvgIpc) is 2.56. The molecule has 0 unspecified atom stereocenters. The molecule has 2 heterocycles. The number of rotatable bonds is 3. The predicted octanol–water partition coefficient (Wildman–Crippen LogP) is 3.55. The van der Waals surface area contributed by atoms with Gasteiger partial charge in [-0.3, -0.25) is 9.78 Å². The molecule has 0 spiro atoms. The van der Waals surface area contributed by atoms with Gasteiger partial charge in [0.15, 0.2) is 0 Å². The van der Waals surface area contributed by atoms with Crippen molar-refractivity contribution in [3.63, 3.8) is 0 Å². The van der Waals surface area contributed by atoms with Gasteiger partial charge in [-0.15, -0.1) is 12.6 Å². The number of thiol groups is 1.